The molecule has 3 N–H and O–H groups in total. The maximum atomic E-state index is 5.81. The normalized spacial score (nSPS) is 23.4. The largest absolute Gasteiger partial charge is 0.380 e. The fourth-order valence-electron chi connectivity index (χ4n) is 2.86. The standard InChI is InChI=1S/C15H24N2O/c1-18-11-14-6-3-2-5-13(14)10-17-15-8-4-7-12(15)9-16/h2-3,5-6,12,15,17H,4,7-11,16H2,1H3. The lowest BCUT2D eigenvalue weighted by molar-refractivity contribution is 0.184. The van der Waals surface area contributed by atoms with Gasteiger partial charge in [-0.15, -0.1) is 0 Å². The van der Waals surface area contributed by atoms with Crippen molar-refractivity contribution in [3.63, 3.8) is 0 Å². The van der Waals surface area contributed by atoms with Gasteiger partial charge in [0.05, 0.1) is 6.61 Å². The van der Waals surface area contributed by atoms with Gasteiger partial charge in [-0.2, -0.15) is 0 Å². The number of benzene rings is 1. The third-order valence-corrected chi connectivity index (χ3v) is 3.93. The second kappa shape index (κ2) is 6.88. The Kier molecular flexibility index (Phi) is 5.17. The molecular weight excluding hydrogens is 224 g/mol. The Labute approximate surface area is 110 Å². The van der Waals surface area contributed by atoms with Crippen LogP contribution in [-0.4, -0.2) is 19.7 Å². The molecule has 1 aromatic carbocycles. The summed E-state index contributed by atoms with van der Waals surface area (Å²) in [5.41, 5.74) is 8.42. The third-order valence-electron chi connectivity index (χ3n) is 3.93. The topological polar surface area (TPSA) is 47.3 Å². The molecule has 0 radical (unpaired) electrons. The molecule has 3 heteroatoms. The molecule has 2 unspecified atom stereocenters. The first kappa shape index (κ1) is 13.5. The van der Waals surface area contributed by atoms with E-state index < -0.39 is 0 Å². The molecular formula is C15H24N2O. The van der Waals surface area contributed by atoms with Crippen LogP contribution in [0, 0.1) is 5.92 Å². The van der Waals surface area contributed by atoms with Gasteiger partial charge in [-0.25, -0.2) is 0 Å². The summed E-state index contributed by atoms with van der Waals surface area (Å²) in [7, 11) is 1.74. The van der Waals surface area contributed by atoms with Gasteiger partial charge in [0.25, 0.3) is 0 Å². The Morgan fingerprint density at radius 1 is 1.28 bits per heavy atom. The van der Waals surface area contributed by atoms with Gasteiger partial charge in [0, 0.05) is 19.7 Å². The molecule has 0 aromatic heterocycles. The van der Waals surface area contributed by atoms with Crippen LogP contribution >= 0.6 is 0 Å². The summed E-state index contributed by atoms with van der Waals surface area (Å²) in [6.45, 7) is 2.40. The smallest absolute Gasteiger partial charge is 0.0716 e. The lowest BCUT2D eigenvalue weighted by Crippen LogP contribution is -2.35. The van der Waals surface area contributed by atoms with Gasteiger partial charge < -0.3 is 15.8 Å². The molecule has 1 aliphatic rings. The molecule has 2 rings (SSSR count). The van der Waals surface area contributed by atoms with Crippen molar-refractivity contribution in [2.75, 3.05) is 13.7 Å². The van der Waals surface area contributed by atoms with E-state index in [0.29, 0.717) is 18.6 Å². The average molecular weight is 248 g/mol. The summed E-state index contributed by atoms with van der Waals surface area (Å²) in [5.74, 6) is 0.652. The second-order valence-corrected chi connectivity index (χ2v) is 5.12. The molecule has 2 atom stereocenters. The van der Waals surface area contributed by atoms with Gasteiger partial charge in [-0.05, 0) is 36.4 Å². The van der Waals surface area contributed by atoms with Crippen molar-refractivity contribution in [1.29, 1.82) is 0 Å². The summed E-state index contributed by atoms with van der Waals surface area (Å²) in [5, 5.41) is 3.66. The van der Waals surface area contributed by atoms with Crippen molar-refractivity contribution in [3.8, 4) is 0 Å². The first-order chi connectivity index (χ1) is 8.85. The number of hydrogen-bond donors (Lipinski definition) is 2. The number of rotatable bonds is 6. The molecule has 1 aromatic rings. The van der Waals surface area contributed by atoms with E-state index in [1.807, 2.05) is 0 Å². The molecule has 0 amide bonds. The van der Waals surface area contributed by atoms with Crippen molar-refractivity contribution in [2.24, 2.45) is 11.7 Å². The van der Waals surface area contributed by atoms with Crippen molar-refractivity contribution in [3.05, 3.63) is 35.4 Å². The highest BCUT2D eigenvalue weighted by molar-refractivity contribution is 5.26. The number of nitrogens with two attached hydrogens (primary N) is 1. The van der Waals surface area contributed by atoms with E-state index in [1.54, 1.807) is 7.11 Å². The highest BCUT2D eigenvalue weighted by Crippen LogP contribution is 2.25. The fourth-order valence-corrected chi connectivity index (χ4v) is 2.86. The molecule has 3 nitrogen and oxygen atoms in total. The van der Waals surface area contributed by atoms with Crippen molar-refractivity contribution in [2.45, 2.75) is 38.5 Å². The van der Waals surface area contributed by atoms with Gasteiger partial charge in [-0.1, -0.05) is 30.7 Å². The first-order valence-corrected chi connectivity index (χ1v) is 6.84. The third kappa shape index (κ3) is 3.31. The summed E-state index contributed by atoms with van der Waals surface area (Å²) >= 11 is 0. The summed E-state index contributed by atoms with van der Waals surface area (Å²) in [6.07, 6.45) is 3.83. The molecule has 1 fully saturated rings. The molecule has 0 spiro atoms. The number of hydrogen-bond acceptors (Lipinski definition) is 3. The zero-order chi connectivity index (χ0) is 12.8. The van der Waals surface area contributed by atoms with E-state index in [4.69, 9.17) is 10.5 Å². The average Bonchev–Trinajstić information content (AvgIpc) is 2.85. The molecule has 18 heavy (non-hydrogen) atoms. The number of methoxy groups -OCH3 is 1. The van der Waals surface area contributed by atoms with Crippen LogP contribution in [0.25, 0.3) is 0 Å². The van der Waals surface area contributed by atoms with Crippen LogP contribution in [0.15, 0.2) is 24.3 Å². The Morgan fingerprint density at radius 2 is 2.06 bits per heavy atom. The number of nitrogens with one attached hydrogen (secondary N) is 1. The van der Waals surface area contributed by atoms with Crippen LogP contribution in [0.4, 0.5) is 0 Å². The zero-order valence-electron chi connectivity index (χ0n) is 11.2. The minimum absolute atomic E-state index is 0.589. The molecule has 1 saturated carbocycles. The van der Waals surface area contributed by atoms with Crippen molar-refractivity contribution >= 4 is 0 Å². The number of ether oxygens (including phenoxy) is 1. The van der Waals surface area contributed by atoms with E-state index in [9.17, 15) is 0 Å². The SMILES string of the molecule is COCc1ccccc1CNC1CCCC1CN. The maximum Gasteiger partial charge on any atom is 0.0716 e. The highest BCUT2D eigenvalue weighted by Gasteiger charge is 2.25. The zero-order valence-corrected chi connectivity index (χ0v) is 11.2. The molecule has 0 aliphatic heterocycles. The van der Waals surface area contributed by atoms with E-state index in [-0.39, 0.29) is 0 Å². The fraction of sp³-hybridized carbons (Fsp3) is 0.600. The van der Waals surface area contributed by atoms with E-state index in [1.165, 1.54) is 30.4 Å². The van der Waals surface area contributed by atoms with Crippen molar-refractivity contribution in [1.82, 2.24) is 5.32 Å². The van der Waals surface area contributed by atoms with Gasteiger partial charge in [0.1, 0.15) is 0 Å². The monoisotopic (exact) mass is 248 g/mol. The predicted molar refractivity (Wildman–Crippen MR) is 74.2 cm³/mol. The quantitative estimate of drug-likeness (QED) is 0.810. The minimum Gasteiger partial charge on any atom is -0.380 e. The molecule has 1 aliphatic carbocycles. The molecule has 0 saturated heterocycles. The van der Waals surface area contributed by atoms with Crippen LogP contribution in [0.1, 0.15) is 30.4 Å². The second-order valence-electron chi connectivity index (χ2n) is 5.12. The summed E-state index contributed by atoms with van der Waals surface area (Å²) in [4.78, 5) is 0. The van der Waals surface area contributed by atoms with Gasteiger partial charge >= 0.3 is 0 Å². The van der Waals surface area contributed by atoms with Crippen LogP contribution in [0.3, 0.4) is 0 Å². The molecule has 0 heterocycles. The van der Waals surface area contributed by atoms with Crippen LogP contribution in [-0.2, 0) is 17.9 Å². The van der Waals surface area contributed by atoms with Gasteiger partial charge in [-0.3, -0.25) is 0 Å². The Bertz CT molecular complexity index is 367. The van der Waals surface area contributed by atoms with E-state index in [2.05, 4.69) is 29.6 Å². The van der Waals surface area contributed by atoms with Gasteiger partial charge in [0.2, 0.25) is 0 Å². The Morgan fingerprint density at radius 3 is 2.78 bits per heavy atom. The molecule has 100 valence electrons. The Hall–Kier alpha value is -0.900. The Balaban J connectivity index is 1.93. The maximum absolute atomic E-state index is 5.81. The van der Waals surface area contributed by atoms with Crippen LogP contribution in [0.5, 0.6) is 0 Å². The van der Waals surface area contributed by atoms with Gasteiger partial charge in [0.15, 0.2) is 0 Å². The van der Waals surface area contributed by atoms with Crippen molar-refractivity contribution < 1.29 is 4.74 Å². The summed E-state index contributed by atoms with van der Waals surface area (Å²) < 4.78 is 5.23. The lowest BCUT2D eigenvalue weighted by atomic mass is 10.0. The highest BCUT2D eigenvalue weighted by atomic mass is 16.5. The predicted octanol–water partition coefficient (Wildman–Crippen LogP) is 2.05. The molecule has 0 bridgehead atoms. The van der Waals surface area contributed by atoms with Crippen LogP contribution in [0.2, 0.25) is 0 Å². The van der Waals surface area contributed by atoms with Crippen LogP contribution < -0.4 is 11.1 Å². The summed E-state index contributed by atoms with van der Waals surface area (Å²) in [6, 6.07) is 9.05. The first-order valence-electron chi connectivity index (χ1n) is 6.84. The van der Waals surface area contributed by atoms with E-state index in [0.717, 1.165) is 13.1 Å². The van der Waals surface area contributed by atoms with E-state index >= 15 is 0 Å². The minimum atomic E-state index is 0.589. The lowest BCUT2D eigenvalue weighted by Gasteiger charge is -2.20.